The third-order valence-electron chi connectivity index (χ3n) is 11.8. The van der Waals surface area contributed by atoms with Crippen LogP contribution in [0.1, 0.15) is 34.7 Å². The van der Waals surface area contributed by atoms with E-state index >= 15 is 0 Å². The largest absolute Gasteiger partial charge is 0.497 e. The number of ether oxygens (including phenoxy) is 11. The van der Waals surface area contributed by atoms with Crippen molar-refractivity contribution in [1.29, 1.82) is 0 Å². The zero-order valence-corrected chi connectivity index (χ0v) is 38.8. The summed E-state index contributed by atoms with van der Waals surface area (Å²) in [7, 11) is 1.60. The van der Waals surface area contributed by atoms with E-state index in [4.69, 9.17) is 52.1 Å². The first-order valence-electron chi connectivity index (χ1n) is 23.2. The van der Waals surface area contributed by atoms with Crippen molar-refractivity contribution in [3.8, 4) is 11.5 Å². The number of benzene rings is 6. The van der Waals surface area contributed by atoms with Gasteiger partial charge in [0.15, 0.2) is 12.4 Å². The Kier molecular flexibility index (Phi) is 18.3. The van der Waals surface area contributed by atoms with Crippen LogP contribution < -0.4 is 9.47 Å². The predicted octanol–water partition coefficient (Wildman–Crippen LogP) is 8.39. The minimum atomic E-state index is -1.43. The SMILES string of the molecule is COc1ccc(O[C@@H]2O[C@H](COCc3ccccc3)[C@@H](O[C@@H]3O[C@H](COCc4ccccc4)[C@H](OC(C)=O)[C@H](O)[C@H]3OCc3ccccc3)[C@H](OCc3ccccc3)[C@H]2OCc2ccccc2)cc1. The van der Waals surface area contributed by atoms with Crippen LogP contribution in [0.4, 0.5) is 0 Å². The van der Waals surface area contributed by atoms with Crippen molar-refractivity contribution in [2.75, 3.05) is 20.3 Å². The fourth-order valence-electron chi connectivity index (χ4n) is 8.27. The number of rotatable bonds is 23. The Morgan fingerprint density at radius 3 is 1.30 bits per heavy atom. The van der Waals surface area contributed by atoms with Crippen molar-refractivity contribution in [1.82, 2.24) is 0 Å². The smallest absolute Gasteiger partial charge is 0.303 e. The van der Waals surface area contributed by atoms with Crippen LogP contribution in [0.2, 0.25) is 0 Å². The van der Waals surface area contributed by atoms with E-state index in [2.05, 4.69) is 0 Å². The van der Waals surface area contributed by atoms with Gasteiger partial charge < -0.3 is 57.2 Å². The Morgan fingerprint density at radius 1 is 0.464 bits per heavy atom. The molecule has 69 heavy (non-hydrogen) atoms. The van der Waals surface area contributed by atoms with Gasteiger partial charge in [-0.15, -0.1) is 0 Å². The lowest BCUT2D eigenvalue weighted by atomic mass is 9.96. The summed E-state index contributed by atoms with van der Waals surface area (Å²) in [4.78, 5) is 12.7. The average molecular weight is 941 g/mol. The summed E-state index contributed by atoms with van der Waals surface area (Å²) in [6.45, 7) is 2.17. The number of carbonyl (C=O) groups is 1. The molecule has 13 heteroatoms. The summed E-state index contributed by atoms with van der Waals surface area (Å²) in [5.74, 6) is 0.554. The molecule has 0 unspecified atom stereocenters. The zero-order chi connectivity index (χ0) is 47.6. The predicted molar refractivity (Wildman–Crippen MR) is 255 cm³/mol. The minimum Gasteiger partial charge on any atom is -0.497 e. The molecular formula is C56H60O13. The molecule has 0 spiro atoms. The molecule has 1 N–H and O–H groups in total. The topological polar surface area (TPSA) is 139 Å². The van der Waals surface area contributed by atoms with Gasteiger partial charge in [0.05, 0.1) is 53.4 Å². The highest BCUT2D eigenvalue weighted by Crippen LogP contribution is 2.36. The van der Waals surface area contributed by atoms with Gasteiger partial charge in [-0.25, -0.2) is 0 Å². The van der Waals surface area contributed by atoms with Gasteiger partial charge >= 0.3 is 5.97 Å². The van der Waals surface area contributed by atoms with Gasteiger partial charge in [0.1, 0.15) is 54.2 Å². The molecule has 2 aliphatic heterocycles. The van der Waals surface area contributed by atoms with Gasteiger partial charge in [-0.2, -0.15) is 0 Å². The number of aliphatic hydroxyl groups is 1. The van der Waals surface area contributed by atoms with E-state index in [0.717, 1.165) is 27.8 Å². The second-order valence-electron chi connectivity index (χ2n) is 16.8. The van der Waals surface area contributed by atoms with Crippen LogP contribution in [-0.4, -0.2) is 92.8 Å². The van der Waals surface area contributed by atoms with E-state index in [0.29, 0.717) is 11.5 Å². The van der Waals surface area contributed by atoms with E-state index in [-0.39, 0.29) is 46.2 Å². The number of methoxy groups -OCH3 is 1. The van der Waals surface area contributed by atoms with Gasteiger partial charge in [0.25, 0.3) is 0 Å². The highest BCUT2D eigenvalue weighted by atomic mass is 16.8. The molecule has 6 aromatic carbocycles. The summed E-state index contributed by atoms with van der Waals surface area (Å²) < 4.78 is 71.9. The molecule has 13 nitrogen and oxygen atoms in total. The molecular weight excluding hydrogens is 881 g/mol. The van der Waals surface area contributed by atoms with Gasteiger partial charge in [-0.3, -0.25) is 4.79 Å². The van der Waals surface area contributed by atoms with Gasteiger partial charge in [0.2, 0.25) is 6.29 Å². The summed E-state index contributed by atoms with van der Waals surface area (Å²) in [6.07, 6.45) is -10.9. The van der Waals surface area contributed by atoms with Crippen molar-refractivity contribution >= 4 is 5.97 Å². The standard InChI is InChI=1S/C56H60O13/c1-39(57)65-50-47(37-60-32-40-18-8-3-9-19-40)67-55(52(49(50)58)62-34-42-22-12-5-13-23-42)69-51-48(38-61-33-41-20-10-4-11-21-41)68-56(66-46-30-28-45(59-2)29-31-46)54(64-36-44-26-16-7-17-27-44)53(51)63-35-43-24-14-6-15-25-43/h3-31,47-56,58H,32-38H2,1-2H3/t47-,48-,49+,50+,51-,52-,53+,54-,55+,56-/m1/s1. The highest BCUT2D eigenvalue weighted by Gasteiger charge is 2.55. The first-order valence-corrected chi connectivity index (χ1v) is 23.2. The average Bonchev–Trinajstić information content (AvgIpc) is 3.38. The van der Waals surface area contributed by atoms with Crippen LogP contribution in [0.25, 0.3) is 0 Å². The minimum absolute atomic E-state index is 0.0170. The zero-order valence-electron chi connectivity index (χ0n) is 38.8. The number of aliphatic hydroxyl groups excluding tert-OH is 1. The summed E-state index contributed by atoms with van der Waals surface area (Å²) in [5.41, 5.74) is 4.55. The number of hydrogen-bond donors (Lipinski definition) is 1. The molecule has 0 aliphatic carbocycles. The maximum absolute atomic E-state index is 12.7. The molecule has 6 aromatic rings. The maximum Gasteiger partial charge on any atom is 0.303 e. The van der Waals surface area contributed by atoms with Crippen molar-refractivity contribution in [3.05, 3.63) is 204 Å². The van der Waals surface area contributed by atoms with Crippen LogP contribution in [0, 0.1) is 0 Å². The van der Waals surface area contributed by atoms with Gasteiger partial charge in [0, 0.05) is 6.92 Å². The molecule has 2 fully saturated rings. The summed E-state index contributed by atoms with van der Waals surface area (Å²) in [6, 6.07) is 55.8. The Balaban J connectivity index is 1.17. The Bertz CT molecular complexity index is 2380. The first-order chi connectivity index (χ1) is 33.9. The molecule has 2 saturated heterocycles. The maximum atomic E-state index is 12.7. The van der Waals surface area contributed by atoms with E-state index in [9.17, 15) is 9.90 Å². The van der Waals surface area contributed by atoms with Gasteiger partial charge in [-0.05, 0) is 52.1 Å². The molecule has 2 aliphatic rings. The number of hydrogen-bond acceptors (Lipinski definition) is 13. The normalized spacial score (nSPS) is 24.6. The summed E-state index contributed by atoms with van der Waals surface area (Å²) >= 11 is 0. The van der Waals surface area contributed by atoms with E-state index in [1.807, 2.05) is 152 Å². The molecule has 0 bridgehead atoms. The van der Waals surface area contributed by atoms with E-state index < -0.39 is 67.4 Å². The molecule has 8 rings (SSSR count). The Morgan fingerprint density at radius 2 is 0.855 bits per heavy atom. The van der Waals surface area contributed by atoms with E-state index in [1.54, 1.807) is 31.4 Å². The first kappa shape index (κ1) is 49.5. The van der Waals surface area contributed by atoms with E-state index in [1.165, 1.54) is 6.92 Å². The second kappa shape index (κ2) is 25.6. The molecule has 0 aromatic heterocycles. The fraction of sp³-hybridized carbons (Fsp3) is 0.339. The van der Waals surface area contributed by atoms with Crippen molar-refractivity contribution in [2.45, 2.75) is 101 Å². The lowest BCUT2D eigenvalue weighted by Crippen LogP contribution is -2.66. The van der Waals surface area contributed by atoms with Crippen LogP contribution in [0.5, 0.6) is 11.5 Å². The van der Waals surface area contributed by atoms with Crippen LogP contribution in [0.3, 0.4) is 0 Å². The quantitative estimate of drug-likeness (QED) is 0.0616. The fourth-order valence-corrected chi connectivity index (χ4v) is 8.27. The molecule has 362 valence electrons. The third-order valence-corrected chi connectivity index (χ3v) is 11.8. The molecule has 10 atom stereocenters. The van der Waals surface area contributed by atoms with Crippen molar-refractivity contribution in [2.24, 2.45) is 0 Å². The third kappa shape index (κ3) is 14.3. The number of carbonyl (C=O) groups excluding carboxylic acids is 1. The van der Waals surface area contributed by atoms with Crippen molar-refractivity contribution in [3.63, 3.8) is 0 Å². The van der Waals surface area contributed by atoms with Gasteiger partial charge in [-0.1, -0.05) is 152 Å². The number of esters is 1. The second-order valence-corrected chi connectivity index (χ2v) is 16.8. The summed E-state index contributed by atoms with van der Waals surface area (Å²) in [5, 5.41) is 12.3. The van der Waals surface area contributed by atoms with Crippen LogP contribution in [0.15, 0.2) is 176 Å². The highest BCUT2D eigenvalue weighted by molar-refractivity contribution is 5.66. The lowest BCUT2D eigenvalue weighted by Gasteiger charge is -2.49. The molecule has 0 radical (unpaired) electrons. The molecule has 0 saturated carbocycles. The molecule has 0 amide bonds. The Hall–Kier alpha value is -5.97. The Labute approximate surface area is 403 Å². The monoisotopic (exact) mass is 940 g/mol. The van der Waals surface area contributed by atoms with Crippen molar-refractivity contribution < 1.29 is 62.0 Å². The lowest BCUT2D eigenvalue weighted by molar-refractivity contribution is -0.366. The van der Waals surface area contributed by atoms with Crippen LogP contribution in [-0.2, 0) is 80.5 Å². The van der Waals surface area contributed by atoms with Crippen LogP contribution >= 0.6 is 0 Å². The molecule has 2 heterocycles.